The van der Waals surface area contributed by atoms with Crippen LogP contribution in [0, 0.1) is 18.3 Å². The number of rotatable bonds is 1. The molecule has 0 N–H and O–H groups in total. The highest BCUT2D eigenvalue weighted by Gasteiger charge is 2.42. The Morgan fingerprint density at radius 2 is 1.33 bits per heavy atom. The molecule has 192 valence electrons. The molecule has 0 saturated heterocycles. The van der Waals surface area contributed by atoms with Crippen LogP contribution in [0.3, 0.4) is 0 Å². The molecule has 2 aliphatic heterocycles. The van der Waals surface area contributed by atoms with Crippen LogP contribution >= 0.6 is 0 Å². The van der Waals surface area contributed by atoms with E-state index in [4.69, 9.17) is 0 Å². The summed E-state index contributed by atoms with van der Waals surface area (Å²) >= 11 is 0. The summed E-state index contributed by atoms with van der Waals surface area (Å²) in [6, 6.07) is 44.1. The minimum absolute atomic E-state index is 0.0472. The van der Waals surface area contributed by atoms with Crippen LogP contribution in [0.2, 0.25) is 0 Å². The van der Waals surface area contributed by atoms with E-state index < -0.39 is 0 Å². The number of para-hydroxylation sites is 4. The first-order chi connectivity index (χ1) is 20.7. The zero-order valence-corrected chi connectivity index (χ0v) is 22.9. The van der Waals surface area contributed by atoms with Crippen molar-refractivity contribution in [1.29, 1.82) is 5.26 Å². The lowest BCUT2D eigenvalue weighted by atomic mass is 9.45. The summed E-state index contributed by atoms with van der Waals surface area (Å²) in [5.74, 6) is 0. The van der Waals surface area contributed by atoms with Crippen molar-refractivity contribution >= 4 is 61.4 Å². The molecule has 2 aromatic heterocycles. The molecule has 0 aliphatic carbocycles. The summed E-state index contributed by atoms with van der Waals surface area (Å²) < 4.78 is 5.11. The van der Waals surface area contributed by atoms with Crippen LogP contribution in [0.4, 0.5) is 0 Å². The summed E-state index contributed by atoms with van der Waals surface area (Å²) in [6.45, 7) is 2.31. The van der Waals surface area contributed by atoms with E-state index in [0.717, 1.165) is 5.56 Å². The van der Waals surface area contributed by atoms with Crippen molar-refractivity contribution < 1.29 is 0 Å². The number of nitriles is 1. The van der Waals surface area contributed by atoms with Gasteiger partial charge in [0, 0.05) is 43.8 Å². The van der Waals surface area contributed by atoms with Gasteiger partial charge < -0.3 is 9.05 Å². The van der Waals surface area contributed by atoms with Crippen molar-refractivity contribution in [3.05, 3.63) is 126 Å². The number of nitrogens with zero attached hydrogens (tertiary/aromatic N) is 3. The zero-order chi connectivity index (χ0) is 27.7. The molecule has 10 rings (SSSR count). The number of fused-ring (bicyclic) bond motifs is 10. The van der Waals surface area contributed by atoms with Crippen molar-refractivity contribution in [2.45, 2.75) is 6.92 Å². The van der Waals surface area contributed by atoms with Crippen LogP contribution in [0.25, 0.3) is 71.6 Å². The Morgan fingerprint density at radius 1 is 0.643 bits per heavy atom. The van der Waals surface area contributed by atoms with E-state index in [1.54, 1.807) is 0 Å². The first kappa shape index (κ1) is 22.2. The minimum atomic E-state index is 0.0472. The molecule has 3 nitrogen and oxygen atoms in total. The number of benzene rings is 6. The highest BCUT2D eigenvalue weighted by atomic mass is 15.0. The van der Waals surface area contributed by atoms with Crippen LogP contribution in [-0.4, -0.2) is 15.9 Å². The van der Waals surface area contributed by atoms with Gasteiger partial charge in [-0.3, -0.25) is 0 Å². The van der Waals surface area contributed by atoms with E-state index in [1.807, 2.05) is 18.2 Å². The molecule has 8 aromatic rings. The molecule has 0 amide bonds. The Balaban J connectivity index is 1.49. The Bertz CT molecular complexity index is 2560. The van der Waals surface area contributed by atoms with E-state index in [1.165, 1.54) is 82.5 Å². The first-order valence-corrected chi connectivity index (χ1v) is 14.5. The van der Waals surface area contributed by atoms with E-state index in [0.29, 0.717) is 5.56 Å². The van der Waals surface area contributed by atoms with Crippen molar-refractivity contribution in [3.63, 3.8) is 0 Å². The SMILES string of the molecule is Cc1c(-c2cccc(C#N)c2)cc2c3c1-c1cccc4c5ccccc5n(c14)B3c1cccc3c4ccccc4n-2c13. The van der Waals surface area contributed by atoms with Crippen LogP contribution in [0.1, 0.15) is 11.1 Å². The average Bonchev–Trinajstić information content (AvgIpc) is 3.56. The Hall–Kier alpha value is -5.53. The fourth-order valence-corrected chi connectivity index (χ4v) is 8.11. The molecule has 4 heterocycles. The summed E-state index contributed by atoms with van der Waals surface area (Å²) in [5, 5.41) is 14.9. The molecule has 4 heteroatoms. The maximum Gasteiger partial charge on any atom is 0.333 e. The van der Waals surface area contributed by atoms with Crippen molar-refractivity contribution in [2.24, 2.45) is 0 Å². The quantitative estimate of drug-likeness (QED) is 0.200. The maximum absolute atomic E-state index is 9.74. The summed E-state index contributed by atoms with van der Waals surface area (Å²) in [7, 11) is 0. The van der Waals surface area contributed by atoms with Crippen LogP contribution < -0.4 is 10.9 Å². The zero-order valence-electron chi connectivity index (χ0n) is 22.9. The average molecular weight is 531 g/mol. The summed E-state index contributed by atoms with van der Waals surface area (Å²) in [6.07, 6.45) is 0. The number of hydrogen-bond donors (Lipinski definition) is 0. The predicted octanol–water partition coefficient (Wildman–Crippen LogP) is 7.69. The topological polar surface area (TPSA) is 33.6 Å². The van der Waals surface area contributed by atoms with Crippen LogP contribution in [0.15, 0.2) is 115 Å². The highest BCUT2D eigenvalue weighted by Crippen LogP contribution is 2.45. The van der Waals surface area contributed by atoms with Crippen molar-refractivity contribution in [1.82, 2.24) is 9.05 Å². The number of aromatic nitrogens is 2. The largest absolute Gasteiger partial charge is 0.375 e. The van der Waals surface area contributed by atoms with Gasteiger partial charge in [-0.25, -0.2) is 0 Å². The fraction of sp³-hybridized carbons (Fsp3) is 0.0263. The lowest BCUT2D eigenvalue weighted by molar-refractivity contribution is 1.17. The molecule has 0 unspecified atom stereocenters. The molecule has 0 fully saturated rings. The van der Waals surface area contributed by atoms with Crippen LogP contribution in [-0.2, 0) is 0 Å². The molecule has 0 saturated carbocycles. The van der Waals surface area contributed by atoms with Gasteiger partial charge in [-0.15, -0.1) is 0 Å². The van der Waals surface area contributed by atoms with Gasteiger partial charge in [0.05, 0.1) is 22.7 Å². The van der Waals surface area contributed by atoms with Gasteiger partial charge in [-0.2, -0.15) is 5.26 Å². The molecule has 0 bridgehead atoms. The third-order valence-corrected chi connectivity index (χ3v) is 9.70. The van der Waals surface area contributed by atoms with Gasteiger partial charge in [0.2, 0.25) is 0 Å². The first-order valence-electron chi connectivity index (χ1n) is 14.5. The Labute approximate surface area is 242 Å². The molecule has 6 aromatic carbocycles. The highest BCUT2D eigenvalue weighted by molar-refractivity contribution is 6.90. The molecular weight excluding hydrogens is 509 g/mol. The van der Waals surface area contributed by atoms with Gasteiger partial charge in [0.15, 0.2) is 0 Å². The minimum Gasteiger partial charge on any atom is -0.375 e. The lowest BCUT2D eigenvalue weighted by Crippen LogP contribution is -2.55. The fourth-order valence-electron chi connectivity index (χ4n) is 8.11. The normalized spacial score (nSPS) is 12.8. The Morgan fingerprint density at radius 3 is 2.17 bits per heavy atom. The molecule has 0 atom stereocenters. The van der Waals surface area contributed by atoms with E-state index in [2.05, 4.69) is 119 Å². The summed E-state index contributed by atoms with van der Waals surface area (Å²) in [5.41, 5.74) is 15.8. The number of hydrogen-bond acceptors (Lipinski definition) is 1. The van der Waals surface area contributed by atoms with Gasteiger partial charge in [0.25, 0.3) is 0 Å². The monoisotopic (exact) mass is 531 g/mol. The van der Waals surface area contributed by atoms with E-state index in [9.17, 15) is 5.26 Å². The second kappa shape index (κ2) is 7.60. The smallest absolute Gasteiger partial charge is 0.333 e. The van der Waals surface area contributed by atoms with Gasteiger partial charge >= 0.3 is 6.85 Å². The molecule has 42 heavy (non-hydrogen) atoms. The van der Waals surface area contributed by atoms with Gasteiger partial charge in [-0.05, 0) is 70.4 Å². The molecule has 2 aliphatic rings. The van der Waals surface area contributed by atoms with Crippen molar-refractivity contribution in [2.75, 3.05) is 0 Å². The molecule has 0 radical (unpaired) electrons. The third-order valence-electron chi connectivity index (χ3n) is 9.70. The standard InChI is InChI=1S/C38H22BN3/c1-22-30(24-10-6-9-23(19-24)21-40)20-34-36-35(22)29-15-7-13-27-26-12-3-5-18-33(26)42(37(27)29)39(36)31-16-8-14-28-25-11-2-4-17-32(25)41(34)38(28)31/h2-20H,1H3. The Kier molecular flexibility index (Phi) is 4.02. The maximum atomic E-state index is 9.74. The second-order valence-corrected chi connectivity index (χ2v) is 11.6. The summed E-state index contributed by atoms with van der Waals surface area (Å²) in [4.78, 5) is 0. The third kappa shape index (κ3) is 2.49. The molecule has 0 spiro atoms. The van der Waals surface area contributed by atoms with E-state index >= 15 is 0 Å². The van der Waals surface area contributed by atoms with E-state index in [-0.39, 0.29) is 6.85 Å². The molecular formula is C38H22BN3. The predicted molar refractivity (Wildman–Crippen MR) is 175 cm³/mol. The van der Waals surface area contributed by atoms with Gasteiger partial charge in [0.1, 0.15) is 0 Å². The van der Waals surface area contributed by atoms with Crippen LogP contribution in [0.5, 0.6) is 0 Å². The second-order valence-electron chi connectivity index (χ2n) is 11.6. The lowest BCUT2D eigenvalue weighted by Gasteiger charge is -2.35. The van der Waals surface area contributed by atoms with Crippen molar-refractivity contribution in [3.8, 4) is 34.0 Å². The van der Waals surface area contributed by atoms with Gasteiger partial charge in [-0.1, -0.05) is 84.9 Å².